The predicted molar refractivity (Wildman–Crippen MR) is 223 cm³/mol. The number of allylic oxidation sites excluding steroid dienone is 1. The lowest BCUT2D eigenvalue weighted by Crippen LogP contribution is -2.62. The molecule has 0 aromatic carbocycles. The van der Waals surface area contributed by atoms with E-state index < -0.39 is 145 Å². The summed E-state index contributed by atoms with van der Waals surface area (Å²) >= 11 is 0. The topological polar surface area (TPSA) is 259 Å². The second-order valence-corrected chi connectivity index (χ2v) is 20.3. The number of fused-ring (bicyclic) bond motifs is 5. The number of rotatable bonds is 13. The number of carbonyl (C=O) groups is 2. The van der Waals surface area contributed by atoms with Crippen LogP contribution in [0.2, 0.25) is 0 Å². The summed E-state index contributed by atoms with van der Waals surface area (Å²) in [5.41, 5.74) is -3.89. The smallest absolute Gasteiger partial charge is 0.333 e. The van der Waals surface area contributed by atoms with Gasteiger partial charge in [-0.1, -0.05) is 19.9 Å². The third kappa shape index (κ3) is 8.14. The highest BCUT2D eigenvalue weighted by Crippen LogP contribution is 2.74. The lowest BCUT2D eigenvalue weighted by Gasteiger charge is -2.56. The van der Waals surface area contributed by atoms with E-state index in [1.807, 2.05) is 20.8 Å². The second-order valence-electron chi connectivity index (χ2n) is 20.3. The first-order valence-electron chi connectivity index (χ1n) is 23.2. The van der Waals surface area contributed by atoms with Crippen molar-refractivity contribution in [2.75, 3.05) is 20.8 Å². The quantitative estimate of drug-likeness (QED) is 0.0774. The van der Waals surface area contributed by atoms with Crippen LogP contribution in [0.1, 0.15) is 99.8 Å². The van der Waals surface area contributed by atoms with Crippen LogP contribution in [0.25, 0.3) is 0 Å². The fourth-order valence-electron chi connectivity index (χ4n) is 13.5. The van der Waals surface area contributed by atoms with Crippen molar-refractivity contribution in [1.29, 1.82) is 0 Å². The van der Waals surface area contributed by atoms with Gasteiger partial charge in [0.05, 0.1) is 48.3 Å². The van der Waals surface area contributed by atoms with Crippen molar-refractivity contribution in [3.63, 3.8) is 0 Å². The maximum Gasteiger partial charge on any atom is 0.333 e. The minimum Gasteiger partial charge on any atom is -0.453 e. The minimum absolute atomic E-state index is 0.149. The molecule has 24 atom stereocenters. The number of aliphatic hydroxyl groups is 7. The molecule has 4 saturated carbocycles. The first-order valence-corrected chi connectivity index (χ1v) is 23.2. The van der Waals surface area contributed by atoms with Gasteiger partial charge in [-0.25, -0.2) is 4.79 Å². The molecule has 366 valence electrons. The van der Waals surface area contributed by atoms with Gasteiger partial charge in [0.2, 0.25) is 0 Å². The number of ether oxygens (including phenoxy) is 9. The molecule has 24 unspecified atom stereocenters. The van der Waals surface area contributed by atoms with Crippen molar-refractivity contribution < 1.29 is 88.0 Å². The Balaban J connectivity index is 1.01. The lowest BCUT2D eigenvalue weighted by molar-refractivity contribution is -0.344. The van der Waals surface area contributed by atoms with Gasteiger partial charge >= 0.3 is 5.97 Å². The van der Waals surface area contributed by atoms with Crippen LogP contribution in [0.15, 0.2) is 11.6 Å². The van der Waals surface area contributed by atoms with Gasteiger partial charge in [-0.15, -0.1) is 0 Å². The summed E-state index contributed by atoms with van der Waals surface area (Å²) in [5, 5.41) is 78.4. The Morgan fingerprint density at radius 2 is 1.50 bits per heavy atom. The molecule has 64 heavy (non-hydrogen) atoms. The van der Waals surface area contributed by atoms with Gasteiger partial charge in [-0.05, 0) is 85.0 Å². The molecule has 0 aromatic heterocycles. The highest BCUT2D eigenvalue weighted by atomic mass is 16.7. The zero-order chi connectivity index (χ0) is 46.8. The molecular formula is C46H74O18. The number of esters is 1. The SMILES string of the molecule is CC=C(C)C(=O)OC1C(C)OC(OC2C(C)OC(OC3CCC4(C)C5CCC6(C)C(C(C)OC7OC(CO)C(O)C(O)C7O)CCC6(O)C5C(C=O)C4(O)C3)CC2OC)C(O)C1OC. The molecule has 7 rings (SSSR count). The molecular weight excluding hydrogens is 840 g/mol. The van der Waals surface area contributed by atoms with Crippen LogP contribution in [0, 0.1) is 34.5 Å². The third-order valence-electron chi connectivity index (χ3n) is 17.4. The van der Waals surface area contributed by atoms with Crippen molar-refractivity contribution in [2.45, 2.75) is 209 Å². The summed E-state index contributed by atoms with van der Waals surface area (Å²) in [6.45, 7) is 12.2. The summed E-state index contributed by atoms with van der Waals surface area (Å²) < 4.78 is 54.5. The van der Waals surface area contributed by atoms with Crippen LogP contribution in [-0.4, -0.2) is 178 Å². The van der Waals surface area contributed by atoms with Crippen LogP contribution in [-0.2, 0) is 52.2 Å². The minimum atomic E-state index is -1.59. The summed E-state index contributed by atoms with van der Waals surface area (Å²) in [6.07, 6.45) is -9.69. The van der Waals surface area contributed by atoms with E-state index in [2.05, 4.69) is 0 Å². The molecule has 0 amide bonds. The van der Waals surface area contributed by atoms with E-state index in [1.54, 1.807) is 40.9 Å². The van der Waals surface area contributed by atoms with E-state index in [0.29, 0.717) is 44.1 Å². The van der Waals surface area contributed by atoms with Crippen molar-refractivity contribution in [3.8, 4) is 0 Å². The van der Waals surface area contributed by atoms with E-state index in [-0.39, 0.29) is 24.7 Å². The van der Waals surface area contributed by atoms with Crippen LogP contribution in [0.5, 0.6) is 0 Å². The molecule has 0 spiro atoms. The van der Waals surface area contributed by atoms with Gasteiger partial charge in [0, 0.05) is 55.3 Å². The average molecular weight is 915 g/mol. The number of hydrogen-bond donors (Lipinski definition) is 7. The summed E-state index contributed by atoms with van der Waals surface area (Å²) in [4.78, 5) is 26.0. The van der Waals surface area contributed by atoms with Crippen LogP contribution in [0.3, 0.4) is 0 Å². The first-order chi connectivity index (χ1) is 30.2. The Bertz CT molecular complexity index is 1680. The molecule has 18 heteroatoms. The molecule has 3 saturated heterocycles. The average Bonchev–Trinajstić information content (AvgIpc) is 3.66. The second kappa shape index (κ2) is 19.0. The van der Waals surface area contributed by atoms with Gasteiger partial charge in [0.25, 0.3) is 0 Å². The highest BCUT2D eigenvalue weighted by Gasteiger charge is 2.77. The maximum atomic E-state index is 13.4. The Kier molecular flexibility index (Phi) is 14.9. The summed E-state index contributed by atoms with van der Waals surface area (Å²) in [5.74, 6) is -2.41. The standard InChI is InChI=1S/C46H74O18/c1-10-21(2)40(53)63-38-24(5)60-42(36(52)39(38)57-9)64-37-23(4)58-31(17-29(37)56-8)61-25-11-14-44(7)27-12-15-43(6)26(13-16-45(43,54)32(27)28(19-47)46(44,55)18-25)22(3)59-41-35(51)34(50)33(49)30(20-48)62-41/h10,19,22-39,41-42,48-52,54-55H,11-18,20H2,1-9H3. The van der Waals surface area contributed by atoms with Gasteiger partial charge in [0.15, 0.2) is 25.0 Å². The molecule has 7 aliphatic rings. The lowest BCUT2D eigenvalue weighted by atomic mass is 9.52. The molecule has 3 aliphatic heterocycles. The molecule has 7 N–H and O–H groups in total. The highest BCUT2D eigenvalue weighted by molar-refractivity contribution is 5.87. The van der Waals surface area contributed by atoms with Crippen LogP contribution >= 0.6 is 0 Å². The van der Waals surface area contributed by atoms with E-state index >= 15 is 0 Å². The number of aliphatic hydroxyl groups excluding tert-OH is 5. The summed E-state index contributed by atoms with van der Waals surface area (Å²) in [6, 6.07) is 0. The van der Waals surface area contributed by atoms with E-state index in [0.717, 1.165) is 6.29 Å². The van der Waals surface area contributed by atoms with Crippen LogP contribution in [0.4, 0.5) is 0 Å². The fraction of sp³-hybridized carbons (Fsp3) is 0.913. The number of carbonyl (C=O) groups excluding carboxylic acids is 2. The van der Waals surface area contributed by atoms with Gasteiger partial charge in [-0.3, -0.25) is 0 Å². The van der Waals surface area contributed by atoms with Gasteiger partial charge in [0.1, 0.15) is 49.0 Å². The molecule has 7 fully saturated rings. The Labute approximate surface area is 375 Å². The van der Waals surface area contributed by atoms with E-state index in [1.165, 1.54) is 7.11 Å². The fourth-order valence-corrected chi connectivity index (χ4v) is 13.5. The van der Waals surface area contributed by atoms with Crippen molar-refractivity contribution in [2.24, 2.45) is 34.5 Å². The number of hydrogen-bond acceptors (Lipinski definition) is 18. The van der Waals surface area contributed by atoms with Gasteiger partial charge < -0.3 is 83.2 Å². The zero-order valence-corrected chi connectivity index (χ0v) is 38.7. The third-order valence-corrected chi connectivity index (χ3v) is 17.4. The molecule has 0 radical (unpaired) electrons. The first kappa shape index (κ1) is 50.2. The largest absolute Gasteiger partial charge is 0.453 e. The number of methoxy groups -OCH3 is 2. The predicted octanol–water partition coefficient (Wildman–Crippen LogP) is 1.03. The Morgan fingerprint density at radius 3 is 2.14 bits per heavy atom. The Hall–Kier alpha value is -1.72. The Morgan fingerprint density at radius 1 is 0.812 bits per heavy atom. The monoisotopic (exact) mass is 914 g/mol. The molecule has 3 heterocycles. The zero-order valence-electron chi connectivity index (χ0n) is 38.7. The van der Waals surface area contributed by atoms with Crippen molar-refractivity contribution in [3.05, 3.63) is 11.6 Å². The van der Waals surface area contributed by atoms with E-state index in [4.69, 9.17) is 42.6 Å². The maximum absolute atomic E-state index is 13.4. The van der Waals surface area contributed by atoms with Crippen LogP contribution < -0.4 is 0 Å². The molecule has 4 aliphatic carbocycles. The van der Waals surface area contributed by atoms with Crippen molar-refractivity contribution >= 4 is 12.3 Å². The number of aldehydes is 1. The van der Waals surface area contributed by atoms with Crippen molar-refractivity contribution in [1.82, 2.24) is 0 Å². The molecule has 0 aromatic rings. The molecule has 18 nitrogen and oxygen atoms in total. The summed E-state index contributed by atoms with van der Waals surface area (Å²) in [7, 11) is 2.96. The van der Waals surface area contributed by atoms with Gasteiger partial charge in [-0.2, -0.15) is 0 Å². The molecule has 0 bridgehead atoms. The van der Waals surface area contributed by atoms with E-state index in [9.17, 15) is 45.3 Å². The normalized spacial score (nSPS) is 52.3.